The number of anilines is 1. The molecular formula is C16H13Cl2N3O3S. The Labute approximate surface area is 157 Å². The van der Waals surface area contributed by atoms with E-state index in [-0.39, 0.29) is 12.5 Å². The molecule has 0 radical (unpaired) electrons. The summed E-state index contributed by atoms with van der Waals surface area (Å²) in [6.07, 6.45) is 0. The highest BCUT2D eigenvalue weighted by Crippen LogP contribution is 2.34. The van der Waals surface area contributed by atoms with Crippen LogP contribution in [-0.2, 0) is 9.53 Å². The van der Waals surface area contributed by atoms with Crippen LogP contribution in [0, 0.1) is 0 Å². The van der Waals surface area contributed by atoms with Gasteiger partial charge in [0.05, 0.1) is 22.3 Å². The first-order chi connectivity index (χ1) is 12.1. The Morgan fingerprint density at radius 1 is 1.32 bits per heavy atom. The van der Waals surface area contributed by atoms with E-state index in [1.807, 2.05) is 5.38 Å². The SMILES string of the molecule is CCOC(=O)CNc1cc(-c2noc(-c3sccc3Cl)n2)ccc1Cl. The molecule has 0 spiro atoms. The maximum Gasteiger partial charge on any atom is 0.325 e. The normalized spacial score (nSPS) is 10.7. The summed E-state index contributed by atoms with van der Waals surface area (Å²) in [5, 5.41) is 9.80. The lowest BCUT2D eigenvalue weighted by Gasteiger charge is -2.08. The van der Waals surface area contributed by atoms with Crippen LogP contribution < -0.4 is 5.32 Å². The summed E-state index contributed by atoms with van der Waals surface area (Å²) >= 11 is 13.7. The van der Waals surface area contributed by atoms with Crippen molar-refractivity contribution in [2.75, 3.05) is 18.5 Å². The van der Waals surface area contributed by atoms with Crippen LogP contribution >= 0.6 is 34.5 Å². The zero-order valence-corrected chi connectivity index (χ0v) is 15.4. The number of hydrogen-bond donors (Lipinski definition) is 1. The molecule has 0 fully saturated rings. The Balaban J connectivity index is 1.81. The average Bonchev–Trinajstić information content (AvgIpc) is 3.23. The van der Waals surface area contributed by atoms with Gasteiger partial charge in [-0.05, 0) is 36.6 Å². The maximum absolute atomic E-state index is 11.5. The van der Waals surface area contributed by atoms with E-state index in [0.717, 1.165) is 4.88 Å². The maximum atomic E-state index is 11.5. The molecule has 0 unspecified atom stereocenters. The van der Waals surface area contributed by atoms with Gasteiger partial charge in [0, 0.05) is 5.56 Å². The van der Waals surface area contributed by atoms with E-state index < -0.39 is 0 Å². The van der Waals surface area contributed by atoms with Crippen LogP contribution in [0.5, 0.6) is 0 Å². The first kappa shape index (κ1) is 17.7. The molecule has 9 heteroatoms. The monoisotopic (exact) mass is 397 g/mol. The quantitative estimate of drug-likeness (QED) is 0.604. The molecule has 25 heavy (non-hydrogen) atoms. The van der Waals surface area contributed by atoms with Crippen LogP contribution in [0.15, 0.2) is 34.2 Å². The number of ether oxygens (including phenoxy) is 1. The fourth-order valence-electron chi connectivity index (χ4n) is 2.06. The number of carbonyl (C=O) groups is 1. The second-order valence-electron chi connectivity index (χ2n) is 4.87. The molecule has 0 saturated heterocycles. The van der Waals surface area contributed by atoms with Gasteiger partial charge < -0.3 is 14.6 Å². The van der Waals surface area contributed by atoms with Gasteiger partial charge in [0.25, 0.3) is 5.89 Å². The highest BCUT2D eigenvalue weighted by molar-refractivity contribution is 7.14. The molecule has 2 heterocycles. The van der Waals surface area contributed by atoms with E-state index in [2.05, 4.69) is 15.5 Å². The number of thiophene rings is 1. The lowest BCUT2D eigenvalue weighted by atomic mass is 10.2. The van der Waals surface area contributed by atoms with Gasteiger partial charge in [-0.25, -0.2) is 0 Å². The van der Waals surface area contributed by atoms with Crippen molar-refractivity contribution in [3.8, 4) is 22.2 Å². The summed E-state index contributed by atoms with van der Waals surface area (Å²) < 4.78 is 10.2. The first-order valence-electron chi connectivity index (χ1n) is 7.35. The van der Waals surface area contributed by atoms with Crippen molar-refractivity contribution in [3.05, 3.63) is 39.7 Å². The van der Waals surface area contributed by atoms with E-state index in [0.29, 0.717) is 39.6 Å². The summed E-state index contributed by atoms with van der Waals surface area (Å²) in [6.45, 7) is 2.09. The number of nitrogens with one attached hydrogen (secondary N) is 1. The molecule has 1 aromatic carbocycles. The molecular weight excluding hydrogens is 385 g/mol. The van der Waals surface area contributed by atoms with E-state index in [4.69, 9.17) is 32.5 Å². The molecule has 2 aromatic heterocycles. The lowest BCUT2D eigenvalue weighted by Crippen LogP contribution is -2.16. The fourth-order valence-corrected chi connectivity index (χ4v) is 3.30. The number of aromatic nitrogens is 2. The number of halogens is 2. The molecule has 0 amide bonds. The van der Waals surface area contributed by atoms with Gasteiger partial charge in [-0.15, -0.1) is 11.3 Å². The molecule has 6 nitrogen and oxygen atoms in total. The molecule has 0 saturated carbocycles. The summed E-state index contributed by atoms with van der Waals surface area (Å²) in [6, 6.07) is 6.97. The van der Waals surface area contributed by atoms with Crippen molar-refractivity contribution in [1.29, 1.82) is 0 Å². The highest BCUT2D eigenvalue weighted by Gasteiger charge is 2.15. The van der Waals surface area contributed by atoms with Crippen LogP contribution in [0.3, 0.4) is 0 Å². The number of nitrogens with zero attached hydrogens (tertiary/aromatic N) is 2. The van der Waals surface area contributed by atoms with Crippen molar-refractivity contribution in [1.82, 2.24) is 10.1 Å². The van der Waals surface area contributed by atoms with Crippen LogP contribution in [0.25, 0.3) is 22.2 Å². The lowest BCUT2D eigenvalue weighted by molar-refractivity contribution is -0.140. The third-order valence-corrected chi connectivity index (χ3v) is 4.85. The largest absolute Gasteiger partial charge is 0.465 e. The standard InChI is InChI=1S/C16H13Cl2N3O3S/c1-2-23-13(22)8-19-12-7-9(3-4-10(12)17)15-20-16(24-21-15)14-11(18)5-6-25-14/h3-7,19H,2,8H2,1H3. The van der Waals surface area contributed by atoms with Crippen molar-refractivity contribution < 1.29 is 14.1 Å². The van der Waals surface area contributed by atoms with Gasteiger partial charge in [-0.3, -0.25) is 4.79 Å². The molecule has 0 bridgehead atoms. The van der Waals surface area contributed by atoms with E-state index >= 15 is 0 Å². The zero-order valence-electron chi connectivity index (χ0n) is 13.1. The van der Waals surface area contributed by atoms with Gasteiger partial charge in [-0.2, -0.15) is 4.98 Å². The summed E-state index contributed by atoms with van der Waals surface area (Å²) in [7, 11) is 0. The third kappa shape index (κ3) is 4.12. The predicted molar refractivity (Wildman–Crippen MR) is 98.2 cm³/mol. The molecule has 130 valence electrons. The van der Waals surface area contributed by atoms with Gasteiger partial charge in [0.15, 0.2) is 0 Å². The molecule has 1 N–H and O–H groups in total. The van der Waals surface area contributed by atoms with Crippen LogP contribution in [0.1, 0.15) is 6.92 Å². The second-order valence-corrected chi connectivity index (χ2v) is 6.60. The second kappa shape index (κ2) is 7.86. The number of benzene rings is 1. The van der Waals surface area contributed by atoms with Gasteiger partial charge in [-0.1, -0.05) is 28.4 Å². The Morgan fingerprint density at radius 2 is 2.16 bits per heavy atom. The predicted octanol–water partition coefficient (Wildman–Crippen LogP) is 4.75. The van der Waals surface area contributed by atoms with Crippen LogP contribution in [0.4, 0.5) is 5.69 Å². The van der Waals surface area contributed by atoms with Crippen molar-refractivity contribution in [2.45, 2.75) is 6.92 Å². The number of rotatable bonds is 6. The van der Waals surface area contributed by atoms with Gasteiger partial charge in [0.2, 0.25) is 5.82 Å². The summed E-state index contributed by atoms with van der Waals surface area (Å²) in [5.41, 5.74) is 1.27. The topological polar surface area (TPSA) is 77.2 Å². The summed E-state index contributed by atoms with van der Waals surface area (Å²) in [5.74, 6) is 0.388. The minimum Gasteiger partial charge on any atom is -0.465 e. The molecule has 0 atom stereocenters. The average molecular weight is 398 g/mol. The fraction of sp³-hybridized carbons (Fsp3) is 0.188. The Kier molecular flexibility index (Phi) is 5.57. The van der Waals surface area contributed by atoms with Crippen LogP contribution in [-0.4, -0.2) is 29.3 Å². The minimum atomic E-state index is -0.363. The minimum absolute atomic E-state index is 0.0132. The first-order valence-corrected chi connectivity index (χ1v) is 8.98. The molecule has 0 aliphatic heterocycles. The zero-order chi connectivity index (χ0) is 17.8. The third-order valence-electron chi connectivity index (χ3n) is 3.19. The Hall–Kier alpha value is -2.09. The molecule has 3 aromatic rings. The number of esters is 1. The van der Waals surface area contributed by atoms with Gasteiger partial charge in [0.1, 0.15) is 11.4 Å². The number of hydrogen-bond acceptors (Lipinski definition) is 7. The smallest absolute Gasteiger partial charge is 0.325 e. The van der Waals surface area contributed by atoms with E-state index in [1.165, 1.54) is 11.3 Å². The number of carbonyl (C=O) groups excluding carboxylic acids is 1. The molecule has 0 aliphatic carbocycles. The van der Waals surface area contributed by atoms with Crippen molar-refractivity contribution >= 4 is 46.2 Å². The molecule has 3 rings (SSSR count). The Bertz CT molecular complexity index is 894. The summed E-state index contributed by atoms with van der Waals surface area (Å²) in [4.78, 5) is 16.6. The van der Waals surface area contributed by atoms with Crippen molar-refractivity contribution in [3.63, 3.8) is 0 Å². The van der Waals surface area contributed by atoms with Gasteiger partial charge >= 0.3 is 5.97 Å². The van der Waals surface area contributed by atoms with E-state index in [1.54, 1.807) is 31.2 Å². The van der Waals surface area contributed by atoms with Crippen molar-refractivity contribution in [2.24, 2.45) is 0 Å². The highest BCUT2D eigenvalue weighted by atomic mass is 35.5. The molecule has 0 aliphatic rings. The Morgan fingerprint density at radius 3 is 2.88 bits per heavy atom. The van der Waals surface area contributed by atoms with Crippen LogP contribution in [0.2, 0.25) is 10.0 Å². The van der Waals surface area contributed by atoms with E-state index in [9.17, 15) is 4.79 Å².